The van der Waals surface area contributed by atoms with Crippen LogP contribution in [0.2, 0.25) is 0 Å². The second-order valence-electron chi connectivity index (χ2n) is 3.24. The Hall–Kier alpha value is -2.00. The van der Waals surface area contributed by atoms with E-state index in [-0.39, 0.29) is 0 Å². The van der Waals surface area contributed by atoms with Crippen molar-refractivity contribution in [1.29, 1.82) is 0 Å². The van der Waals surface area contributed by atoms with Crippen LogP contribution >= 0.6 is 0 Å². The molecule has 3 N–H and O–H groups in total. The number of hydrogen-bond donors (Lipinski definition) is 3. The van der Waals surface area contributed by atoms with E-state index in [0.717, 1.165) is 0 Å². The fourth-order valence-electron chi connectivity index (χ4n) is 0.949. The molecule has 0 saturated heterocycles. The van der Waals surface area contributed by atoms with Gasteiger partial charge < -0.3 is 20.4 Å². The van der Waals surface area contributed by atoms with E-state index in [9.17, 15) is 27.6 Å². The fraction of sp³-hybridized carbons (Fsp3) is 0.625. The number of aliphatic carboxylic acids is 2. The van der Waals surface area contributed by atoms with Gasteiger partial charge in [0.05, 0.1) is 6.42 Å². The zero-order valence-electron chi connectivity index (χ0n) is 9.03. The molecule has 0 bridgehead atoms. The highest BCUT2D eigenvalue weighted by Crippen LogP contribution is 2.18. The third kappa shape index (κ3) is 8.19. The lowest BCUT2D eigenvalue weighted by Gasteiger charge is -2.19. The summed E-state index contributed by atoms with van der Waals surface area (Å²) in [7, 11) is 0. The number of halogens is 3. The summed E-state index contributed by atoms with van der Waals surface area (Å²) in [6.45, 7) is -2.58. The molecule has 0 rings (SSSR count). The van der Waals surface area contributed by atoms with Gasteiger partial charge in [0, 0.05) is 6.54 Å². The zero-order valence-corrected chi connectivity index (χ0v) is 9.03. The van der Waals surface area contributed by atoms with E-state index in [1.807, 2.05) is 0 Å². The van der Waals surface area contributed by atoms with Crippen LogP contribution in [0.15, 0.2) is 0 Å². The molecule has 2 amide bonds. The number of carboxylic acid groups (broad SMARTS) is 2. The number of hydrogen-bond acceptors (Lipinski definition) is 3. The summed E-state index contributed by atoms with van der Waals surface area (Å²) in [5, 5.41) is 18.6. The number of amides is 2. The molecule has 0 aliphatic heterocycles. The van der Waals surface area contributed by atoms with Gasteiger partial charge in [0.2, 0.25) is 0 Å². The van der Waals surface area contributed by atoms with E-state index in [1.165, 1.54) is 0 Å². The summed E-state index contributed by atoms with van der Waals surface area (Å²) < 4.78 is 35.3. The van der Waals surface area contributed by atoms with Crippen molar-refractivity contribution in [2.45, 2.75) is 12.6 Å². The first-order chi connectivity index (χ1) is 8.11. The molecule has 104 valence electrons. The van der Waals surface area contributed by atoms with Crippen LogP contribution in [0.3, 0.4) is 0 Å². The molecule has 0 aliphatic rings. The van der Waals surface area contributed by atoms with Gasteiger partial charge in [-0.2, -0.15) is 13.2 Å². The maximum Gasteiger partial charge on any atom is 0.390 e. The lowest BCUT2D eigenvalue weighted by atomic mass is 10.4. The van der Waals surface area contributed by atoms with Crippen molar-refractivity contribution < 1.29 is 37.8 Å². The van der Waals surface area contributed by atoms with Crippen molar-refractivity contribution in [3.8, 4) is 0 Å². The summed E-state index contributed by atoms with van der Waals surface area (Å²) in [4.78, 5) is 32.3. The van der Waals surface area contributed by atoms with Crippen LogP contribution in [0.5, 0.6) is 0 Å². The Kier molecular flexibility index (Phi) is 5.93. The second kappa shape index (κ2) is 6.67. The second-order valence-corrected chi connectivity index (χ2v) is 3.24. The normalized spacial score (nSPS) is 10.8. The van der Waals surface area contributed by atoms with Gasteiger partial charge in [-0.1, -0.05) is 0 Å². The number of urea groups is 1. The quantitative estimate of drug-likeness (QED) is 0.636. The van der Waals surface area contributed by atoms with Gasteiger partial charge in [0.15, 0.2) is 0 Å². The molecule has 0 fully saturated rings. The van der Waals surface area contributed by atoms with Crippen LogP contribution < -0.4 is 5.32 Å². The highest BCUT2D eigenvalue weighted by molar-refractivity contribution is 5.84. The van der Waals surface area contributed by atoms with Crippen molar-refractivity contribution >= 4 is 18.0 Å². The van der Waals surface area contributed by atoms with Gasteiger partial charge in [-0.3, -0.25) is 9.59 Å². The molecule has 0 saturated carbocycles. The van der Waals surface area contributed by atoms with Gasteiger partial charge in [-0.25, -0.2) is 4.79 Å². The van der Waals surface area contributed by atoms with Crippen molar-refractivity contribution in [3.05, 3.63) is 0 Å². The molecule has 0 aromatic carbocycles. The highest BCUT2D eigenvalue weighted by Gasteiger charge is 2.27. The van der Waals surface area contributed by atoms with Gasteiger partial charge >= 0.3 is 24.1 Å². The van der Waals surface area contributed by atoms with E-state index >= 15 is 0 Å². The Labute approximate surface area is 99.2 Å². The minimum absolute atomic E-state index is 0.376. The maximum absolute atomic E-state index is 11.8. The van der Waals surface area contributed by atoms with Gasteiger partial charge in [-0.15, -0.1) is 0 Å². The van der Waals surface area contributed by atoms with Crippen LogP contribution in [0.4, 0.5) is 18.0 Å². The first-order valence-corrected chi connectivity index (χ1v) is 4.65. The molecule has 0 aromatic rings. The number of rotatable bonds is 6. The summed E-state index contributed by atoms with van der Waals surface area (Å²) in [5.74, 6) is -2.94. The Morgan fingerprint density at radius 2 is 1.50 bits per heavy atom. The van der Waals surface area contributed by atoms with Crippen LogP contribution in [0, 0.1) is 0 Å². The molecule has 10 heteroatoms. The third-order valence-electron chi connectivity index (χ3n) is 1.62. The zero-order chi connectivity index (χ0) is 14.3. The Morgan fingerprint density at radius 3 is 1.83 bits per heavy atom. The number of nitrogens with one attached hydrogen (secondary N) is 1. The minimum Gasteiger partial charge on any atom is -0.480 e. The molecule has 0 unspecified atom stereocenters. The predicted octanol–water partition coefficient (Wildman–Crippen LogP) is 0.120. The number of carbonyl (C=O) groups excluding carboxylic acids is 1. The van der Waals surface area contributed by atoms with Gasteiger partial charge in [-0.05, 0) is 0 Å². The van der Waals surface area contributed by atoms with E-state index in [4.69, 9.17) is 10.2 Å². The highest BCUT2D eigenvalue weighted by atomic mass is 19.4. The first-order valence-electron chi connectivity index (χ1n) is 4.65. The average Bonchev–Trinajstić information content (AvgIpc) is 2.12. The van der Waals surface area contributed by atoms with Crippen LogP contribution in [0.1, 0.15) is 6.42 Å². The maximum atomic E-state index is 11.8. The SMILES string of the molecule is O=C(O)CN(CC(=O)O)C(=O)NCCC(F)(F)F. The Balaban J connectivity index is 4.29. The summed E-state index contributed by atoms with van der Waals surface area (Å²) in [6, 6.07) is -1.18. The molecule has 0 atom stereocenters. The van der Waals surface area contributed by atoms with E-state index in [0.29, 0.717) is 4.90 Å². The number of carbonyl (C=O) groups is 3. The summed E-state index contributed by atoms with van der Waals surface area (Å²) in [6.07, 6.45) is -5.75. The largest absolute Gasteiger partial charge is 0.480 e. The molecular weight excluding hydrogens is 261 g/mol. The average molecular weight is 272 g/mol. The summed E-state index contributed by atoms with van der Waals surface area (Å²) in [5.41, 5.74) is 0. The lowest BCUT2D eigenvalue weighted by molar-refractivity contribution is -0.141. The van der Waals surface area contributed by atoms with Crippen molar-refractivity contribution in [3.63, 3.8) is 0 Å². The van der Waals surface area contributed by atoms with Crippen LogP contribution in [-0.2, 0) is 9.59 Å². The standard InChI is InChI=1S/C8H11F3N2O5/c9-8(10,11)1-2-12-7(18)13(3-5(14)15)4-6(16)17/h1-4H2,(H,12,18)(H,14,15)(H,16,17). The smallest absolute Gasteiger partial charge is 0.390 e. The van der Waals surface area contributed by atoms with Crippen molar-refractivity contribution in [2.24, 2.45) is 0 Å². The number of alkyl halides is 3. The number of nitrogens with zero attached hydrogens (tertiary/aromatic N) is 1. The molecule has 0 spiro atoms. The van der Waals surface area contributed by atoms with Gasteiger partial charge in [0.25, 0.3) is 0 Å². The summed E-state index contributed by atoms with van der Waals surface area (Å²) >= 11 is 0. The third-order valence-corrected chi connectivity index (χ3v) is 1.62. The van der Waals surface area contributed by atoms with Crippen LogP contribution in [0.25, 0.3) is 0 Å². The predicted molar refractivity (Wildman–Crippen MR) is 50.9 cm³/mol. The van der Waals surface area contributed by atoms with Gasteiger partial charge in [0.1, 0.15) is 13.1 Å². The van der Waals surface area contributed by atoms with E-state index in [1.54, 1.807) is 5.32 Å². The van der Waals surface area contributed by atoms with Crippen molar-refractivity contribution in [2.75, 3.05) is 19.6 Å². The van der Waals surface area contributed by atoms with E-state index < -0.39 is 50.2 Å². The molecular formula is C8H11F3N2O5. The molecule has 18 heavy (non-hydrogen) atoms. The Morgan fingerprint density at radius 1 is 1.06 bits per heavy atom. The Bertz CT molecular complexity index is 315. The van der Waals surface area contributed by atoms with E-state index in [2.05, 4.69) is 0 Å². The first kappa shape index (κ1) is 16.0. The minimum atomic E-state index is -4.46. The molecule has 0 heterocycles. The van der Waals surface area contributed by atoms with Crippen LogP contribution in [-0.4, -0.2) is 58.9 Å². The monoisotopic (exact) mass is 272 g/mol. The topological polar surface area (TPSA) is 107 Å². The lowest BCUT2D eigenvalue weighted by Crippen LogP contribution is -2.45. The molecule has 0 radical (unpaired) electrons. The molecule has 7 nitrogen and oxygen atoms in total. The molecule has 0 aliphatic carbocycles. The fourth-order valence-corrected chi connectivity index (χ4v) is 0.949. The number of carboxylic acids is 2. The molecule has 0 aromatic heterocycles. The van der Waals surface area contributed by atoms with Crippen molar-refractivity contribution in [1.82, 2.24) is 10.2 Å².